The third kappa shape index (κ3) is 3.65. The number of esters is 1. The zero-order chi connectivity index (χ0) is 18.8. The quantitative estimate of drug-likeness (QED) is 0.445. The van der Waals surface area contributed by atoms with Gasteiger partial charge in [-0.15, -0.1) is 0 Å². The van der Waals surface area contributed by atoms with Crippen LogP contribution in [-0.2, 0) is 9.53 Å². The van der Waals surface area contributed by atoms with Crippen LogP contribution in [0.4, 0.5) is 0 Å². The van der Waals surface area contributed by atoms with Crippen LogP contribution in [0, 0.1) is 10.1 Å². The van der Waals surface area contributed by atoms with Crippen molar-refractivity contribution in [1.29, 1.82) is 0 Å². The third-order valence-corrected chi connectivity index (χ3v) is 4.43. The molecule has 1 heterocycles. The molecule has 7 heteroatoms. The fourth-order valence-corrected chi connectivity index (χ4v) is 3.39. The largest absolute Gasteiger partial charge is 0.462 e. The normalized spacial score (nSPS) is 18.3. The Hall–Kier alpha value is -2.60. The van der Waals surface area contributed by atoms with Gasteiger partial charge in [0.05, 0.1) is 17.9 Å². The molecule has 0 saturated carbocycles. The molecule has 0 spiro atoms. The first-order valence-electron chi connectivity index (χ1n) is 8.25. The molecule has 0 saturated heterocycles. The number of para-hydroxylation sites is 1. The molecular weight excluding hydrogens is 358 g/mol. The van der Waals surface area contributed by atoms with Crippen LogP contribution in [0.25, 0.3) is 0 Å². The smallest absolute Gasteiger partial charge is 0.314 e. The van der Waals surface area contributed by atoms with Crippen molar-refractivity contribution >= 4 is 17.6 Å². The minimum absolute atomic E-state index is 0.339. The van der Waals surface area contributed by atoms with Crippen LogP contribution in [0.15, 0.2) is 42.5 Å². The number of hydrogen-bond donors (Lipinski definition) is 0. The van der Waals surface area contributed by atoms with E-state index in [1.54, 1.807) is 56.3 Å². The van der Waals surface area contributed by atoms with Gasteiger partial charge in [-0.25, -0.2) is 0 Å². The number of halogens is 1. The van der Waals surface area contributed by atoms with E-state index in [0.29, 0.717) is 27.6 Å². The van der Waals surface area contributed by atoms with Crippen molar-refractivity contribution in [2.75, 3.05) is 6.54 Å². The lowest BCUT2D eigenvalue weighted by molar-refractivity contribution is -0.483. The summed E-state index contributed by atoms with van der Waals surface area (Å²) in [7, 11) is 0. The SMILES string of the molecule is CC(C)OC(=O)C1c2ccccc2Oc2ccc(Cl)cc2C1C[N+](=O)[O-]. The van der Waals surface area contributed by atoms with E-state index in [-0.39, 0.29) is 6.10 Å². The number of carbonyl (C=O) groups excluding carboxylic acids is 1. The standard InChI is InChI=1S/C19H18ClNO5/c1-11(2)25-19(22)18-13-5-3-4-6-16(13)26-17-8-7-12(20)9-14(17)15(18)10-21(23)24/h3-9,11,15,18H,10H2,1-2H3. The van der Waals surface area contributed by atoms with Gasteiger partial charge in [0.25, 0.3) is 0 Å². The monoisotopic (exact) mass is 375 g/mol. The van der Waals surface area contributed by atoms with Gasteiger partial charge in [-0.1, -0.05) is 29.8 Å². The Morgan fingerprint density at radius 2 is 1.92 bits per heavy atom. The molecule has 0 bridgehead atoms. The second-order valence-electron chi connectivity index (χ2n) is 6.41. The van der Waals surface area contributed by atoms with Crippen LogP contribution in [0.5, 0.6) is 11.5 Å². The third-order valence-electron chi connectivity index (χ3n) is 4.20. The molecule has 6 nitrogen and oxygen atoms in total. The van der Waals surface area contributed by atoms with E-state index in [1.807, 2.05) is 0 Å². The van der Waals surface area contributed by atoms with Gasteiger partial charge in [0.1, 0.15) is 11.5 Å². The molecule has 26 heavy (non-hydrogen) atoms. The van der Waals surface area contributed by atoms with Gasteiger partial charge in [0.15, 0.2) is 0 Å². The Bertz CT molecular complexity index is 852. The van der Waals surface area contributed by atoms with E-state index in [1.165, 1.54) is 0 Å². The molecular formula is C19H18ClNO5. The molecule has 0 fully saturated rings. The molecule has 2 atom stereocenters. The van der Waals surface area contributed by atoms with Crippen molar-refractivity contribution < 1.29 is 19.2 Å². The van der Waals surface area contributed by atoms with Gasteiger partial charge in [0.2, 0.25) is 6.54 Å². The van der Waals surface area contributed by atoms with Crippen molar-refractivity contribution in [2.24, 2.45) is 0 Å². The number of hydrogen-bond acceptors (Lipinski definition) is 5. The zero-order valence-corrected chi connectivity index (χ0v) is 15.1. The highest BCUT2D eigenvalue weighted by Gasteiger charge is 2.41. The van der Waals surface area contributed by atoms with Crippen LogP contribution < -0.4 is 4.74 Å². The number of carbonyl (C=O) groups is 1. The molecule has 2 aromatic carbocycles. The molecule has 1 aliphatic heterocycles. The van der Waals surface area contributed by atoms with E-state index in [9.17, 15) is 14.9 Å². The second-order valence-corrected chi connectivity index (χ2v) is 6.84. The summed E-state index contributed by atoms with van der Waals surface area (Å²) >= 11 is 6.11. The lowest BCUT2D eigenvalue weighted by Gasteiger charge is -2.23. The number of nitrogens with zero attached hydrogens (tertiary/aromatic N) is 1. The van der Waals surface area contributed by atoms with Crippen molar-refractivity contribution in [2.45, 2.75) is 31.8 Å². The lowest BCUT2D eigenvalue weighted by atomic mass is 9.81. The highest BCUT2D eigenvalue weighted by molar-refractivity contribution is 6.30. The number of ether oxygens (including phenoxy) is 2. The predicted molar refractivity (Wildman–Crippen MR) is 96.5 cm³/mol. The Morgan fingerprint density at radius 3 is 2.62 bits per heavy atom. The summed E-state index contributed by atoms with van der Waals surface area (Å²) in [4.78, 5) is 23.8. The topological polar surface area (TPSA) is 78.7 Å². The van der Waals surface area contributed by atoms with E-state index >= 15 is 0 Å². The summed E-state index contributed by atoms with van der Waals surface area (Å²) in [5.74, 6) is -1.20. The molecule has 0 N–H and O–H groups in total. The summed E-state index contributed by atoms with van der Waals surface area (Å²) < 4.78 is 11.4. The Balaban J connectivity index is 2.21. The maximum Gasteiger partial charge on any atom is 0.314 e. The van der Waals surface area contributed by atoms with Gasteiger partial charge in [-0.05, 0) is 38.1 Å². The number of nitro groups is 1. The molecule has 1 aliphatic rings. The maximum atomic E-state index is 12.9. The fraction of sp³-hybridized carbons (Fsp3) is 0.316. The van der Waals surface area contributed by atoms with E-state index in [4.69, 9.17) is 21.1 Å². The van der Waals surface area contributed by atoms with Crippen LogP contribution >= 0.6 is 11.6 Å². The average Bonchev–Trinajstić information content (AvgIpc) is 2.68. The Labute approximate surface area is 155 Å². The molecule has 2 aromatic rings. The van der Waals surface area contributed by atoms with Gasteiger partial charge in [-0.2, -0.15) is 0 Å². The van der Waals surface area contributed by atoms with E-state index in [2.05, 4.69) is 0 Å². The molecule has 3 rings (SSSR count). The number of fused-ring (bicyclic) bond motifs is 2. The first-order valence-corrected chi connectivity index (χ1v) is 8.63. The minimum Gasteiger partial charge on any atom is -0.462 e. The zero-order valence-electron chi connectivity index (χ0n) is 14.3. The van der Waals surface area contributed by atoms with Gasteiger partial charge < -0.3 is 9.47 Å². The number of rotatable bonds is 4. The van der Waals surface area contributed by atoms with E-state index in [0.717, 1.165) is 0 Å². The molecule has 136 valence electrons. The van der Waals surface area contributed by atoms with Crippen molar-refractivity contribution in [1.82, 2.24) is 0 Å². The van der Waals surface area contributed by atoms with Crippen LogP contribution in [-0.4, -0.2) is 23.5 Å². The Morgan fingerprint density at radius 1 is 1.23 bits per heavy atom. The van der Waals surface area contributed by atoms with E-state index < -0.39 is 29.3 Å². The Kier molecular flexibility index (Phi) is 5.13. The van der Waals surface area contributed by atoms with Gasteiger partial charge in [-0.3, -0.25) is 14.9 Å². The van der Waals surface area contributed by atoms with Crippen molar-refractivity contribution in [3.05, 3.63) is 68.7 Å². The predicted octanol–water partition coefficient (Wildman–Crippen LogP) is 4.54. The first-order chi connectivity index (χ1) is 12.4. The minimum atomic E-state index is -0.862. The molecule has 2 unspecified atom stereocenters. The molecule has 0 aromatic heterocycles. The maximum absolute atomic E-state index is 12.9. The van der Waals surface area contributed by atoms with Crippen molar-refractivity contribution in [3.63, 3.8) is 0 Å². The first kappa shape index (κ1) is 18.2. The highest BCUT2D eigenvalue weighted by Crippen LogP contribution is 2.47. The van der Waals surface area contributed by atoms with Crippen LogP contribution in [0.3, 0.4) is 0 Å². The summed E-state index contributed by atoms with van der Waals surface area (Å²) in [6, 6.07) is 12.0. The summed E-state index contributed by atoms with van der Waals surface area (Å²) in [6.07, 6.45) is -0.339. The summed E-state index contributed by atoms with van der Waals surface area (Å²) in [6.45, 7) is 3.04. The summed E-state index contributed by atoms with van der Waals surface area (Å²) in [5, 5.41) is 11.8. The number of benzene rings is 2. The van der Waals surface area contributed by atoms with Crippen molar-refractivity contribution in [3.8, 4) is 11.5 Å². The second kappa shape index (κ2) is 7.33. The van der Waals surface area contributed by atoms with Gasteiger partial charge >= 0.3 is 5.97 Å². The molecule has 0 aliphatic carbocycles. The van der Waals surface area contributed by atoms with Crippen LogP contribution in [0.2, 0.25) is 5.02 Å². The van der Waals surface area contributed by atoms with Crippen LogP contribution in [0.1, 0.15) is 36.8 Å². The van der Waals surface area contributed by atoms with Gasteiger partial charge in [0, 0.05) is 21.1 Å². The summed E-state index contributed by atoms with van der Waals surface area (Å²) in [5.41, 5.74) is 1.09. The average molecular weight is 376 g/mol. The molecule has 0 radical (unpaired) electrons. The lowest BCUT2D eigenvalue weighted by Crippen LogP contribution is -2.28. The highest BCUT2D eigenvalue weighted by atomic mass is 35.5. The molecule has 0 amide bonds. The fourth-order valence-electron chi connectivity index (χ4n) is 3.21.